The van der Waals surface area contributed by atoms with Crippen LogP contribution in [0.4, 0.5) is 22.2 Å². The number of ether oxygens (including phenoxy) is 3. The number of pyridine rings is 1. The van der Waals surface area contributed by atoms with E-state index >= 15 is 0 Å². The first kappa shape index (κ1) is 27.1. The Bertz CT molecular complexity index is 1360. The summed E-state index contributed by atoms with van der Waals surface area (Å²) in [6.07, 6.45) is 4.31. The van der Waals surface area contributed by atoms with Crippen molar-refractivity contribution in [2.75, 3.05) is 55.5 Å². The van der Waals surface area contributed by atoms with Gasteiger partial charge in [0.05, 0.1) is 31.8 Å². The normalized spacial score (nSPS) is 15.1. The highest BCUT2D eigenvalue weighted by Gasteiger charge is 2.28. The van der Waals surface area contributed by atoms with Gasteiger partial charge in [-0.1, -0.05) is 0 Å². The second-order valence-corrected chi connectivity index (χ2v) is 10.6. The smallest absolute Gasteiger partial charge is 0.410 e. The lowest BCUT2D eigenvalue weighted by Crippen LogP contribution is -2.50. The number of benzene rings is 1. The van der Waals surface area contributed by atoms with Crippen LogP contribution in [0.5, 0.6) is 11.5 Å². The molecule has 5 rings (SSSR count). The van der Waals surface area contributed by atoms with Crippen molar-refractivity contribution in [3.63, 3.8) is 0 Å². The molecule has 0 spiro atoms. The van der Waals surface area contributed by atoms with E-state index in [2.05, 4.69) is 20.2 Å². The predicted molar refractivity (Wildman–Crippen MR) is 148 cm³/mol. The van der Waals surface area contributed by atoms with Crippen molar-refractivity contribution in [2.24, 2.45) is 0 Å². The Kier molecular flexibility index (Phi) is 7.42. The number of methoxy groups -OCH3 is 2. The van der Waals surface area contributed by atoms with Gasteiger partial charge in [-0.3, -0.25) is 9.78 Å². The number of hydrogen-bond acceptors (Lipinski definition) is 10. The van der Waals surface area contributed by atoms with Gasteiger partial charge in [-0.2, -0.15) is 4.98 Å². The zero-order valence-electron chi connectivity index (χ0n) is 23.4. The third-order valence-electron chi connectivity index (χ3n) is 6.74. The standard InChI is InChI=1S/C28H34N6O6/c1-28(2,3)40-27(36)33-10-8-32(9-11-33)22-6-7-29-14-20(22)30-25(35)21-17-39-26(31-21)34-15-18-12-23(37-4)24(38-5)13-19(18)16-34/h6-7,12-14,17H,8-11,15-16H2,1-5H3,(H,30,35). The number of anilines is 3. The minimum Gasteiger partial charge on any atom is -0.493 e. The van der Waals surface area contributed by atoms with Crippen LogP contribution < -0.4 is 24.6 Å². The maximum atomic E-state index is 13.1. The predicted octanol–water partition coefficient (Wildman–Crippen LogP) is 3.92. The van der Waals surface area contributed by atoms with Crippen LogP contribution >= 0.6 is 0 Å². The molecule has 2 amide bonds. The van der Waals surface area contributed by atoms with Crippen molar-refractivity contribution in [1.82, 2.24) is 14.9 Å². The van der Waals surface area contributed by atoms with Crippen LogP contribution in [0, 0.1) is 0 Å². The van der Waals surface area contributed by atoms with Crippen LogP contribution in [0.2, 0.25) is 0 Å². The SMILES string of the molecule is COc1cc2c(cc1OC)CN(c1nc(C(=O)Nc3cnccc3N3CCN(C(=O)OC(C)(C)C)CC3)co1)C2. The average molecular weight is 551 g/mol. The molecule has 1 N–H and O–H groups in total. The van der Waals surface area contributed by atoms with Crippen LogP contribution in [0.15, 0.2) is 41.3 Å². The topological polar surface area (TPSA) is 122 Å². The van der Waals surface area contributed by atoms with Crippen LogP contribution in [-0.4, -0.2) is 72.9 Å². The third-order valence-corrected chi connectivity index (χ3v) is 6.74. The van der Waals surface area contributed by atoms with E-state index in [1.165, 1.54) is 6.26 Å². The molecule has 212 valence electrons. The number of carbonyl (C=O) groups is 2. The summed E-state index contributed by atoms with van der Waals surface area (Å²) in [6.45, 7) is 8.88. The third kappa shape index (κ3) is 5.75. The summed E-state index contributed by atoms with van der Waals surface area (Å²) in [5.74, 6) is 0.917. The number of nitrogens with one attached hydrogen (secondary N) is 1. The number of piperazine rings is 1. The molecule has 3 aromatic rings. The summed E-state index contributed by atoms with van der Waals surface area (Å²) in [6, 6.07) is 6.09. The summed E-state index contributed by atoms with van der Waals surface area (Å²) in [7, 11) is 3.21. The Morgan fingerprint density at radius 1 is 0.975 bits per heavy atom. The highest BCUT2D eigenvalue weighted by atomic mass is 16.6. The molecular formula is C28H34N6O6. The van der Waals surface area contributed by atoms with E-state index in [0.717, 1.165) is 16.8 Å². The molecular weight excluding hydrogens is 516 g/mol. The van der Waals surface area contributed by atoms with Crippen LogP contribution in [0.3, 0.4) is 0 Å². The summed E-state index contributed by atoms with van der Waals surface area (Å²) in [5.41, 5.74) is 3.13. The average Bonchev–Trinajstić information content (AvgIpc) is 3.59. The van der Waals surface area contributed by atoms with Gasteiger partial charge in [0.25, 0.3) is 11.9 Å². The summed E-state index contributed by atoms with van der Waals surface area (Å²) < 4.78 is 22.0. The van der Waals surface area contributed by atoms with Crippen molar-refractivity contribution in [1.29, 1.82) is 0 Å². The molecule has 12 nitrogen and oxygen atoms in total. The summed E-state index contributed by atoms with van der Waals surface area (Å²) in [4.78, 5) is 40.0. The minimum absolute atomic E-state index is 0.158. The van der Waals surface area contributed by atoms with Crippen LogP contribution in [0.25, 0.3) is 0 Å². The number of amides is 2. The highest BCUT2D eigenvalue weighted by molar-refractivity contribution is 6.04. The molecule has 0 saturated carbocycles. The molecule has 0 aliphatic carbocycles. The molecule has 0 atom stereocenters. The van der Waals surface area contributed by atoms with Gasteiger partial charge in [-0.05, 0) is 50.1 Å². The first-order valence-electron chi connectivity index (χ1n) is 13.1. The quantitative estimate of drug-likeness (QED) is 0.483. The number of nitrogens with zero attached hydrogens (tertiary/aromatic N) is 5. The van der Waals surface area contributed by atoms with E-state index in [9.17, 15) is 9.59 Å². The number of fused-ring (bicyclic) bond motifs is 1. The van der Waals surface area contributed by atoms with E-state index in [1.807, 2.05) is 43.9 Å². The highest BCUT2D eigenvalue weighted by Crippen LogP contribution is 2.36. The molecule has 1 saturated heterocycles. The van der Waals surface area contributed by atoms with E-state index in [-0.39, 0.29) is 11.8 Å². The molecule has 2 aliphatic heterocycles. The number of oxazole rings is 1. The van der Waals surface area contributed by atoms with E-state index in [0.29, 0.717) is 62.5 Å². The van der Waals surface area contributed by atoms with E-state index in [1.54, 1.807) is 31.5 Å². The van der Waals surface area contributed by atoms with E-state index < -0.39 is 11.5 Å². The monoisotopic (exact) mass is 550 g/mol. The first-order chi connectivity index (χ1) is 19.1. The van der Waals surface area contributed by atoms with Gasteiger partial charge in [0, 0.05) is 45.5 Å². The molecule has 0 radical (unpaired) electrons. The molecule has 1 aromatic carbocycles. The van der Waals surface area contributed by atoms with Gasteiger partial charge in [0.15, 0.2) is 17.2 Å². The van der Waals surface area contributed by atoms with Crippen molar-refractivity contribution >= 4 is 29.4 Å². The lowest BCUT2D eigenvalue weighted by Gasteiger charge is -2.37. The molecule has 4 heterocycles. The van der Waals surface area contributed by atoms with Crippen molar-refractivity contribution in [3.8, 4) is 11.5 Å². The van der Waals surface area contributed by atoms with Gasteiger partial charge >= 0.3 is 6.09 Å². The minimum atomic E-state index is -0.544. The van der Waals surface area contributed by atoms with Gasteiger partial charge < -0.3 is 38.6 Å². The van der Waals surface area contributed by atoms with E-state index in [4.69, 9.17) is 18.6 Å². The maximum absolute atomic E-state index is 13.1. The van der Waals surface area contributed by atoms with Crippen molar-refractivity contribution in [3.05, 3.63) is 53.7 Å². The van der Waals surface area contributed by atoms with Gasteiger partial charge in [0.1, 0.15) is 11.9 Å². The molecule has 1 fully saturated rings. The molecule has 12 heteroatoms. The second-order valence-electron chi connectivity index (χ2n) is 10.6. The summed E-state index contributed by atoms with van der Waals surface area (Å²) in [5, 5.41) is 2.92. The molecule has 0 bridgehead atoms. The van der Waals surface area contributed by atoms with Crippen molar-refractivity contribution < 1.29 is 28.2 Å². The molecule has 2 aliphatic rings. The fourth-order valence-corrected chi connectivity index (χ4v) is 4.78. The van der Waals surface area contributed by atoms with Gasteiger partial charge in [0.2, 0.25) is 0 Å². The first-order valence-corrected chi connectivity index (χ1v) is 13.1. The van der Waals surface area contributed by atoms with Gasteiger partial charge in [-0.25, -0.2) is 4.79 Å². The zero-order valence-corrected chi connectivity index (χ0v) is 23.4. The Balaban J connectivity index is 1.23. The zero-order chi connectivity index (χ0) is 28.4. The Morgan fingerprint density at radius 3 is 2.23 bits per heavy atom. The van der Waals surface area contributed by atoms with Crippen molar-refractivity contribution in [2.45, 2.75) is 39.5 Å². The number of aromatic nitrogens is 2. The lowest BCUT2D eigenvalue weighted by atomic mass is 10.1. The maximum Gasteiger partial charge on any atom is 0.410 e. The Labute approximate surface area is 232 Å². The number of hydrogen-bond donors (Lipinski definition) is 1. The lowest BCUT2D eigenvalue weighted by molar-refractivity contribution is 0.0240. The molecule has 2 aromatic heterocycles. The van der Waals surface area contributed by atoms with Gasteiger partial charge in [-0.15, -0.1) is 0 Å². The second kappa shape index (κ2) is 10.9. The largest absolute Gasteiger partial charge is 0.493 e. The molecule has 0 unspecified atom stereocenters. The summed E-state index contributed by atoms with van der Waals surface area (Å²) >= 11 is 0. The fraction of sp³-hybridized carbons (Fsp3) is 0.429. The Morgan fingerprint density at radius 2 is 1.62 bits per heavy atom. The van der Waals surface area contributed by atoms with Crippen LogP contribution in [-0.2, 0) is 17.8 Å². The fourth-order valence-electron chi connectivity index (χ4n) is 4.78. The number of rotatable bonds is 6. The van der Waals surface area contributed by atoms with Crippen LogP contribution in [0.1, 0.15) is 42.4 Å². The Hall–Kier alpha value is -4.48. The molecule has 40 heavy (non-hydrogen) atoms. The number of carbonyl (C=O) groups excluding carboxylic acids is 2.